The van der Waals surface area contributed by atoms with E-state index in [1.165, 1.54) is 22.6 Å². The Balaban J connectivity index is 1.47. The van der Waals surface area contributed by atoms with Crippen molar-refractivity contribution >= 4 is 35.0 Å². The van der Waals surface area contributed by atoms with Crippen LogP contribution in [0, 0.1) is 5.92 Å². The first-order valence-electron chi connectivity index (χ1n) is 14.7. The van der Waals surface area contributed by atoms with Crippen molar-refractivity contribution in [1.82, 2.24) is 35.8 Å². The predicted octanol–water partition coefficient (Wildman–Crippen LogP) is 1.80. The second-order valence-corrected chi connectivity index (χ2v) is 12.0. The highest BCUT2D eigenvalue weighted by atomic mass is 32.1. The number of nitrogens with two attached hydrogens (primary N) is 1. The number of hydrogen-bond donors (Lipinski definition) is 5. The molecule has 0 unspecified atom stereocenters. The van der Waals surface area contributed by atoms with Gasteiger partial charge in [-0.05, 0) is 43.4 Å². The van der Waals surface area contributed by atoms with Gasteiger partial charge in [0.1, 0.15) is 29.1 Å². The SMILES string of the molecule is CC(C)C[C@H](N)c1nc(C(=O)N2CCCCNC(=O)[C@H](Cc3cnc[nH]3)NC(=O)c3cccc(c3)OCCNC(=O)C2)cs1. The lowest BCUT2D eigenvalue weighted by Crippen LogP contribution is -2.48. The molecule has 1 aliphatic rings. The number of fused-ring (bicyclic) bond motifs is 2. The van der Waals surface area contributed by atoms with E-state index >= 15 is 0 Å². The summed E-state index contributed by atoms with van der Waals surface area (Å²) in [6.07, 6.45) is 5.15. The Hall–Kier alpha value is -4.30. The Morgan fingerprint density at radius 2 is 2.02 bits per heavy atom. The van der Waals surface area contributed by atoms with Gasteiger partial charge in [0.05, 0.1) is 25.5 Å². The Labute approximate surface area is 260 Å². The smallest absolute Gasteiger partial charge is 0.273 e. The number of H-pyrrole nitrogens is 1. The summed E-state index contributed by atoms with van der Waals surface area (Å²) in [4.78, 5) is 65.4. The highest BCUT2D eigenvalue weighted by Crippen LogP contribution is 2.23. The Morgan fingerprint density at radius 3 is 2.80 bits per heavy atom. The predicted molar refractivity (Wildman–Crippen MR) is 165 cm³/mol. The van der Waals surface area contributed by atoms with Crippen LogP contribution in [-0.4, -0.2) is 82.3 Å². The van der Waals surface area contributed by atoms with E-state index in [4.69, 9.17) is 10.5 Å². The van der Waals surface area contributed by atoms with Crippen molar-refractivity contribution in [2.24, 2.45) is 11.7 Å². The topological polar surface area (TPSA) is 184 Å². The van der Waals surface area contributed by atoms with E-state index in [0.717, 1.165) is 6.42 Å². The molecule has 236 valence electrons. The van der Waals surface area contributed by atoms with Gasteiger partial charge in [0.15, 0.2) is 0 Å². The molecular weight excluding hydrogens is 584 g/mol. The molecule has 2 aromatic heterocycles. The molecular formula is C30H40N8O5S. The van der Waals surface area contributed by atoms with Crippen LogP contribution in [0.4, 0.5) is 0 Å². The number of nitrogens with one attached hydrogen (secondary N) is 4. The number of imidazole rings is 1. The van der Waals surface area contributed by atoms with Gasteiger partial charge in [-0.15, -0.1) is 11.3 Å². The Morgan fingerprint density at radius 1 is 1.18 bits per heavy atom. The van der Waals surface area contributed by atoms with Gasteiger partial charge in [-0.3, -0.25) is 19.2 Å². The van der Waals surface area contributed by atoms with E-state index in [9.17, 15) is 19.2 Å². The lowest BCUT2D eigenvalue weighted by molar-refractivity contribution is -0.123. The summed E-state index contributed by atoms with van der Waals surface area (Å²) < 4.78 is 5.75. The molecule has 0 spiro atoms. The number of aromatic nitrogens is 3. The van der Waals surface area contributed by atoms with Gasteiger partial charge in [-0.1, -0.05) is 19.9 Å². The molecule has 2 bridgehead atoms. The minimum absolute atomic E-state index is 0.152. The fourth-order valence-electron chi connectivity index (χ4n) is 4.72. The average molecular weight is 625 g/mol. The molecule has 2 atom stereocenters. The minimum Gasteiger partial charge on any atom is -0.492 e. The highest BCUT2D eigenvalue weighted by molar-refractivity contribution is 7.09. The second kappa shape index (κ2) is 16.0. The molecule has 0 radical (unpaired) electrons. The van der Waals surface area contributed by atoms with E-state index in [2.05, 4.69) is 44.7 Å². The lowest BCUT2D eigenvalue weighted by Gasteiger charge is -2.22. The van der Waals surface area contributed by atoms with Crippen molar-refractivity contribution in [3.63, 3.8) is 0 Å². The number of hydrogen-bond acceptors (Lipinski definition) is 9. The number of carbonyl (C=O) groups excluding carboxylic acids is 4. The molecule has 1 aliphatic heterocycles. The zero-order valence-electron chi connectivity index (χ0n) is 25.0. The van der Waals surface area contributed by atoms with Crippen molar-refractivity contribution < 1.29 is 23.9 Å². The fraction of sp³-hybridized carbons (Fsp3) is 0.467. The molecule has 4 amide bonds. The summed E-state index contributed by atoms with van der Waals surface area (Å²) in [5.74, 6) is -0.646. The maximum absolute atomic E-state index is 13.4. The number of rotatable bonds is 6. The van der Waals surface area contributed by atoms with Gasteiger partial charge >= 0.3 is 0 Å². The standard InChI is InChI=1S/C30H40N8O5S/c1-19(2)12-23(31)29-37-25(17-44-29)30(42)38-10-4-3-8-34-28(41)24(14-21-15-32-18-35-21)36-27(40)20-6-5-7-22(13-20)43-11-9-33-26(39)16-38/h5-7,13,15,17-19,23-24H,3-4,8-12,14,16,31H2,1-2H3,(H,32,35)(H,33,39)(H,34,41)(H,36,40)/t23-,24-/m0/s1. The highest BCUT2D eigenvalue weighted by Gasteiger charge is 2.25. The van der Waals surface area contributed by atoms with Crippen molar-refractivity contribution in [3.05, 3.63) is 64.1 Å². The van der Waals surface area contributed by atoms with Crippen LogP contribution in [0.5, 0.6) is 5.75 Å². The van der Waals surface area contributed by atoms with Gasteiger partial charge < -0.3 is 36.3 Å². The lowest BCUT2D eigenvalue weighted by atomic mass is 10.1. The van der Waals surface area contributed by atoms with Crippen LogP contribution in [0.15, 0.2) is 42.2 Å². The molecule has 6 N–H and O–H groups in total. The van der Waals surface area contributed by atoms with E-state index in [1.54, 1.807) is 35.8 Å². The van der Waals surface area contributed by atoms with Crippen LogP contribution in [0.1, 0.15) is 70.7 Å². The largest absolute Gasteiger partial charge is 0.492 e. The van der Waals surface area contributed by atoms with Crippen molar-refractivity contribution in [3.8, 4) is 5.75 Å². The number of aromatic amines is 1. The van der Waals surface area contributed by atoms with Crippen LogP contribution in [-0.2, 0) is 16.0 Å². The molecule has 0 saturated carbocycles. The summed E-state index contributed by atoms with van der Waals surface area (Å²) >= 11 is 1.34. The molecule has 4 rings (SSSR count). The molecule has 44 heavy (non-hydrogen) atoms. The first-order chi connectivity index (χ1) is 21.2. The first kappa shape index (κ1) is 32.6. The van der Waals surface area contributed by atoms with Crippen LogP contribution in [0.25, 0.3) is 0 Å². The zero-order valence-corrected chi connectivity index (χ0v) is 25.8. The quantitative estimate of drug-likeness (QED) is 0.275. The third kappa shape index (κ3) is 9.61. The van der Waals surface area contributed by atoms with Crippen molar-refractivity contribution in [2.45, 2.75) is 51.6 Å². The van der Waals surface area contributed by atoms with Gasteiger partial charge in [-0.2, -0.15) is 0 Å². The number of amides is 4. The van der Waals surface area contributed by atoms with Gasteiger partial charge in [0.2, 0.25) is 11.8 Å². The van der Waals surface area contributed by atoms with Crippen LogP contribution < -0.4 is 26.4 Å². The van der Waals surface area contributed by atoms with Crippen LogP contribution in [0.2, 0.25) is 0 Å². The normalized spacial score (nSPS) is 18.2. The maximum atomic E-state index is 13.4. The van der Waals surface area contributed by atoms with E-state index < -0.39 is 11.9 Å². The molecule has 0 aliphatic carbocycles. The zero-order chi connectivity index (χ0) is 31.5. The van der Waals surface area contributed by atoms with Gasteiger partial charge in [0, 0.05) is 42.3 Å². The van der Waals surface area contributed by atoms with Crippen molar-refractivity contribution in [2.75, 3.05) is 32.8 Å². The summed E-state index contributed by atoms with van der Waals surface area (Å²) in [5, 5.41) is 10.9. The Bertz CT molecular complexity index is 1410. The number of ether oxygens (including phenoxy) is 1. The number of benzene rings is 1. The summed E-state index contributed by atoms with van der Waals surface area (Å²) in [5.41, 5.74) is 7.56. The summed E-state index contributed by atoms with van der Waals surface area (Å²) in [6, 6.07) is 5.47. The van der Waals surface area contributed by atoms with E-state index in [0.29, 0.717) is 47.3 Å². The third-order valence-electron chi connectivity index (χ3n) is 6.95. The number of carbonyl (C=O) groups is 4. The van der Waals surface area contributed by atoms with Gasteiger partial charge in [0.25, 0.3) is 11.8 Å². The molecule has 0 fully saturated rings. The monoisotopic (exact) mass is 624 g/mol. The molecule has 3 aromatic rings. The second-order valence-electron chi connectivity index (χ2n) is 11.1. The molecule has 14 heteroatoms. The average Bonchev–Trinajstić information content (AvgIpc) is 3.70. The maximum Gasteiger partial charge on any atom is 0.273 e. The number of thiazole rings is 1. The summed E-state index contributed by atoms with van der Waals surface area (Å²) in [6.45, 7) is 4.95. The van der Waals surface area contributed by atoms with E-state index in [-0.39, 0.29) is 62.1 Å². The number of nitrogens with zero attached hydrogens (tertiary/aromatic N) is 3. The molecule has 3 heterocycles. The van der Waals surface area contributed by atoms with Crippen LogP contribution >= 0.6 is 11.3 Å². The molecule has 1 aromatic carbocycles. The first-order valence-corrected chi connectivity index (χ1v) is 15.6. The fourth-order valence-corrected chi connectivity index (χ4v) is 5.53. The van der Waals surface area contributed by atoms with Crippen molar-refractivity contribution in [1.29, 1.82) is 0 Å². The van der Waals surface area contributed by atoms with E-state index in [1.807, 2.05) is 0 Å². The molecule has 0 saturated heterocycles. The minimum atomic E-state index is -0.851. The molecule has 13 nitrogen and oxygen atoms in total. The Kier molecular flexibility index (Phi) is 11.8. The third-order valence-corrected chi connectivity index (χ3v) is 7.93. The van der Waals surface area contributed by atoms with Crippen LogP contribution in [0.3, 0.4) is 0 Å². The van der Waals surface area contributed by atoms with Gasteiger partial charge in [-0.25, -0.2) is 9.97 Å². The summed E-state index contributed by atoms with van der Waals surface area (Å²) in [7, 11) is 0.